The molecule has 0 aromatic rings. The predicted octanol–water partition coefficient (Wildman–Crippen LogP) is 3.25. The average molecular weight is 213 g/mol. The Bertz CT molecular complexity index is 197. The second-order valence-corrected chi connectivity index (χ2v) is 5.69. The number of halogens is 1. The molecule has 2 heteroatoms. The van der Waals surface area contributed by atoms with Gasteiger partial charge < -0.3 is 0 Å². The van der Waals surface area contributed by atoms with Gasteiger partial charge in [-0.3, -0.25) is 4.90 Å². The van der Waals surface area contributed by atoms with Gasteiger partial charge in [0.15, 0.2) is 0 Å². The normalized spacial score (nSPS) is 38.8. The number of alkyl halides is 1. The molecule has 88 valence electrons. The van der Waals surface area contributed by atoms with Crippen molar-refractivity contribution in [1.82, 2.24) is 4.90 Å². The second-order valence-electron chi connectivity index (χ2n) is 5.69. The summed E-state index contributed by atoms with van der Waals surface area (Å²) < 4.78 is 13.1. The standard InChI is InChI=1S/C13H24FN/c1-10(2)11-3-5-13(6-4-11)15-8-7-12(14)9-15/h10-13H,3-9H2,1-2H3/t11-,12-,13+/m0/s1. The summed E-state index contributed by atoms with van der Waals surface area (Å²) in [5.74, 6) is 1.75. The summed E-state index contributed by atoms with van der Waals surface area (Å²) in [7, 11) is 0. The third kappa shape index (κ3) is 2.72. The van der Waals surface area contributed by atoms with Crippen molar-refractivity contribution in [3.63, 3.8) is 0 Å². The first kappa shape index (κ1) is 11.4. The van der Waals surface area contributed by atoms with Crippen molar-refractivity contribution in [1.29, 1.82) is 0 Å². The topological polar surface area (TPSA) is 3.24 Å². The van der Waals surface area contributed by atoms with E-state index in [1.165, 1.54) is 25.7 Å². The van der Waals surface area contributed by atoms with Crippen LogP contribution >= 0.6 is 0 Å². The quantitative estimate of drug-likeness (QED) is 0.680. The average Bonchev–Trinajstić information content (AvgIpc) is 2.65. The van der Waals surface area contributed by atoms with Gasteiger partial charge in [-0.2, -0.15) is 0 Å². The number of hydrogen-bond acceptors (Lipinski definition) is 1. The minimum atomic E-state index is -0.548. The highest BCUT2D eigenvalue weighted by Gasteiger charge is 2.31. The van der Waals surface area contributed by atoms with E-state index >= 15 is 0 Å². The minimum Gasteiger partial charge on any atom is -0.297 e. The SMILES string of the molecule is CC(C)[C@H]1CC[C@@H](N2CC[C@H](F)C2)CC1. The second kappa shape index (κ2) is 4.82. The summed E-state index contributed by atoms with van der Waals surface area (Å²) in [6.45, 7) is 6.37. The van der Waals surface area contributed by atoms with Crippen molar-refractivity contribution in [2.24, 2.45) is 11.8 Å². The van der Waals surface area contributed by atoms with Gasteiger partial charge in [-0.15, -0.1) is 0 Å². The van der Waals surface area contributed by atoms with Crippen LogP contribution in [0.15, 0.2) is 0 Å². The maximum Gasteiger partial charge on any atom is 0.114 e. The Kier molecular flexibility index (Phi) is 3.65. The molecule has 0 spiro atoms. The van der Waals surface area contributed by atoms with Crippen LogP contribution in [0.25, 0.3) is 0 Å². The number of rotatable bonds is 2. The molecular formula is C13H24FN. The Hall–Kier alpha value is -0.110. The summed E-state index contributed by atoms with van der Waals surface area (Å²) in [6, 6.07) is 0.695. The summed E-state index contributed by atoms with van der Waals surface area (Å²) in [4.78, 5) is 2.39. The number of likely N-dealkylation sites (tertiary alicyclic amines) is 1. The van der Waals surface area contributed by atoms with Crippen molar-refractivity contribution in [2.75, 3.05) is 13.1 Å². The van der Waals surface area contributed by atoms with Gasteiger partial charge in [0.05, 0.1) is 0 Å². The molecular weight excluding hydrogens is 189 g/mol. The third-order valence-corrected chi connectivity index (χ3v) is 4.36. The summed E-state index contributed by atoms with van der Waals surface area (Å²) >= 11 is 0. The molecule has 0 amide bonds. The van der Waals surface area contributed by atoms with E-state index in [0.29, 0.717) is 12.6 Å². The first-order valence-corrected chi connectivity index (χ1v) is 6.55. The maximum absolute atomic E-state index is 13.1. The van der Waals surface area contributed by atoms with Crippen LogP contribution in [0.2, 0.25) is 0 Å². The smallest absolute Gasteiger partial charge is 0.114 e. The number of hydrogen-bond donors (Lipinski definition) is 0. The van der Waals surface area contributed by atoms with Crippen LogP contribution in [0.5, 0.6) is 0 Å². The van der Waals surface area contributed by atoms with Gasteiger partial charge in [0.25, 0.3) is 0 Å². The van der Waals surface area contributed by atoms with E-state index in [9.17, 15) is 4.39 Å². The summed E-state index contributed by atoms with van der Waals surface area (Å²) in [6.07, 6.45) is 5.54. The summed E-state index contributed by atoms with van der Waals surface area (Å²) in [5, 5.41) is 0. The van der Waals surface area contributed by atoms with Crippen molar-refractivity contribution >= 4 is 0 Å². The van der Waals surface area contributed by atoms with Gasteiger partial charge in [0.2, 0.25) is 0 Å². The molecule has 0 aromatic carbocycles. The molecule has 2 fully saturated rings. The highest BCUT2D eigenvalue weighted by atomic mass is 19.1. The molecule has 0 N–H and O–H groups in total. The fraction of sp³-hybridized carbons (Fsp3) is 1.00. The predicted molar refractivity (Wildman–Crippen MR) is 61.7 cm³/mol. The molecule has 0 aromatic heterocycles. The van der Waals surface area contributed by atoms with Crippen molar-refractivity contribution in [2.45, 2.75) is 58.2 Å². The van der Waals surface area contributed by atoms with E-state index in [4.69, 9.17) is 0 Å². The van der Waals surface area contributed by atoms with E-state index in [1.807, 2.05) is 0 Å². The lowest BCUT2D eigenvalue weighted by atomic mass is 9.79. The van der Waals surface area contributed by atoms with Gasteiger partial charge in [0, 0.05) is 19.1 Å². The van der Waals surface area contributed by atoms with Gasteiger partial charge in [0.1, 0.15) is 6.17 Å². The zero-order chi connectivity index (χ0) is 10.8. The highest BCUT2D eigenvalue weighted by molar-refractivity contribution is 4.85. The van der Waals surface area contributed by atoms with Gasteiger partial charge in [-0.05, 0) is 43.9 Å². The minimum absolute atomic E-state index is 0.548. The van der Waals surface area contributed by atoms with E-state index in [2.05, 4.69) is 18.7 Å². The molecule has 1 atom stereocenters. The lowest BCUT2D eigenvalue weighted by molar-refractivity contribution is 0.139. The van der Waals surface area contributed by atoms with Gasteiger partial charge in [-0.1, -0.05) is 13.8 Å². The van der Waals surface area contributed by atoms with Gasteiger partial charge >= 0.3 is 0 Å². The van der Waals surface area contributed by atoms with E-state index in [-0.39, 0.29) is 0 Å². The molecule has 1 saturated heterocycles. The largest absolute Gasteiger partial charge is 0.297 e. The van der Waals surface area contributed by atoms with Crippen molar-refractivity contribution < 1.29 is 4.39 Å². The van der Waals surface area contributed by atoms with Crippen LogP contribution in [0.1, 0.15) is 46.0 Å². The Morgan fingerprint density at radius 1 is 1.07 bits per heavy atom. The molecule has 2 aliphatic rings. The molecule has 1 aliphatic carbocycles. The van der Waals surface area contributed by atoms with Crippen LogP contribution in [-0.2, 0) is 0 Å². The Balaban J connectivity index is 1.78. The molecule has 1 saturated carbocycles. The first-order chi connectivity index (χ1) is 7.16. The molecule has 15 heavy (non-hydrogen) atoms. The monoisotopic (exact) mass is 213 g/mol. The molecule has 0 radical (unpaired) electrons. The molecule has 1 heterocycles. The Labute approximate surface area is 93.0 Å². The zero-order valence-electron chi connectivity index (χ0n) is 10.1. The van der Waals surface area contributed by atoms with Crippen molar-refractivity contribution in [3.05, 3.63) is 0 Å². The van der Waals surface area contributed by atoms with Crippen LogP contribution < -0.4 is 0 Å². The van der Waals surface area contributed by atoms with Crippen LogP contribution in [0.4, 0.5) is 4.39 Å². The lowest BCUT2D eigenvalue weighted by Crippen LogP contribution is -2.37. The number of nitrogens with zero attached hydrogens (tertiary/aromatic N) is 1. The zero-order valence-corrected chi connectivity index (χ0v) is 10.1. The van der Waals surface area contributed by atoms with Crippen LogP contribution in [-0.4, -0.2) is 30.2 Å². The molecule has 0 bridgehead atoms. The van der Waals surface area contributed by atoms with Crippen LogP contribution in [0, 0.1) is 11.8 Å². The molecule has 1 nitrogen and oxygen atoms in total. The molecule has 2 rings (SSSR count). The lowest BCUT2D eigenvalue weighted by Gasteiger charge is -2.35. The van der Waals surface area contributed by atoms with E-state index < -0.39 is 6.17 Å². The fourth-order valence-corrected chi connectivity index (χ4v) is 3.21. The van der Waals surface area contributed by atoms with E-state index in [0.717, 1.165) is 24.8 Å². The first-order valence-electron chi connectivity index (χ1n) is 6.55. The summed E-state index contributed by atoms with van der Waals surface area (Å²) in [5.41, 5.74) is 0. The molecule has 1 aliphatic heterocycles. The van der Waals surface area contributed by atoms with Crippen LogP contribution in [0.3, 0.4) is 0 Å². The van der Waals surface area contributed by atoms with Crippen molar-refractivity contribution in [3.8, 4) is 0 Å². The molecule has 0 unspecified atom stereocenters. The third-order valence-electron chi connectivity index (χ3n) is 4.36. The fourth-order valence-electron chi connectivity index (χ4n) is 3.21. The Morgan fingerprint density at radius 2 is 1.73 bits per heavy atom. The van der Waals surface area contributed by atoms with Gasteiger partial charge in [-0.25, -0.2) is 4.39 Å². The Morgan fingerprint density at radius 3 is 2.20 bits per heavy atom. The highest BCUT2D eigenvalue weighted by Crippen LogP contribution is 2.33. The van der Waals surface area contributed by atoms with E-state index in [1.54, 1.807) is 0 Å². The maximum atomic E-state index is 13.1.